The number of amides is 1. The Bertz CT molecular complexity index is 949. The average Bonchev–Trinajstić information content (AvgIpc) is 3.10. The van der Waals surface area contributed by atoms with Crippen LogP contribution in [0.4, 0.5) is 10.1 Å². The number of halogens is 1. The fourth-order valence-corrected chi connectivity index (χ4v) is 3.46. The van der Waals surface area contributed by atoms with Crippen LogP contribution in [0.1, 0.15) is 6.42 Å². The summed E-state index contributed by atoms with van der Waals surface area (Å²) < 4.78 is 38.2. The Morgan fingerprint density at radius 1 is 1.28 bits per heavy atom. The first-order valence-electron chi connectivity index (χ1n) is 7.53. The molecule has 0 aliphatic carbocycles. The number of carbonyl (C=O) groups is 1. The highest BCUT2D eigenvalue weighted by Gasteiger charge is 2.21. The zero-order chi connectivity index (χ0) is 18.0. The zero-order valence-corrected chi connectivity index (χ0v) is 14.2. The van der Waals surface area contributed by atoms with Crippen molar-refractivity contribution in [2.75, 3.05) is 11.6 Å². The van der Waals surface area contributed by atoms with Crippen molar-refractivity contribution in [1.82, 2.24) is 5.43 Å². The average molecular weight is 361 g/mol. The standard InChI is InChI=1S/C17H16FN3O3S/c1-25(23,24)16-5-3-2-4-12(16)11-6-7-14(13(18)10-11)20-17(22)15-8-9-19-21-15/h2-7,9-10,15,21H,8H2,1H3,(H,20,22). The maximum atomic E-state index is 14.4. The third-order valence-electron chi connectivity index (χ3n) is 3.80. The minimum absolute atomic E-state index is 0.0271. The third-order valence-corrected chi connectivity index (χ3v) is 4.96. The lowest BCUT2D eigenvalue weighted by Crippen LogP contribution is -2.34. The second kappa shape index (κ2) is 6.64. The summed E-state index contributed by atoms with van der Waals surface area (Å²) in [7, 11) is -3.45. The molecule has 1 atom stereocenters. The summed E-state index contributed by atoms with van der Waals surface area (Å²) in [5, 5.41) is 6.25. The predicted octanol–water partition coefficient (Wildman–Crippen LogP) is 2.18. The largest absolute Gasteiger partial charge is 0.322 e. The van der Waals surface area contributed by atoms with Gasteiger partial charge in [0.2, 0.25) is 5.91 Å². The molecule has 8 heteroatoms. The second-order valence-electron chi connectivity index (χ2n) is 5.68. The number of anilines is 1. The van der Waals surface area contributed by atoms with Crippen LogP contribution < -0.4 is 10.7 Å². The van der Waals surface area contributed by atoms with E-state index in [2.05, 4.69) is 15.8 Å². The van der Waals surface area contributed by atoms with Crippen LogP contribution in [0.5, 0.6) is 0 Å². The van der Waals surface area contributed by atoms with Crippen molar-refractivity contribution in [2.24, 2.45) is 5.10 Å². The summed E-state index contributed by atoms with van der Waals surface area (Å²) in [5.74, 6) is -1.03. The van der Waals surface area contributed by atoms with Gasteiger partial charge in [-0.1, -0.05) is 24.3 Å². The lowest BCUT2D eigenvalue weighted by Gasteiger charge is -2.13. The molecule has 1 heterocycles. The number of hydrogen-bond donors (Lipinski definition) is 2. The predicted molar refractivity (Wildman–Crippen MR) is 93.6 cm³/mol. The Morgan fingerprint density at radius 2 is 2.04 bits per heavy atom. The van der Waals surface area contributed by atoms with Gasteiger partial charge in [0.05, 0.1) is 10.6 Å². The summed E-state index contributed by atoms with van der Waals surface area (Å²) in [6, 6.07) is 10.1. The molecule has 1 aliphatic rings. The molecule has 0 fully saturated rings. The lowest BCUT2D eigenvalue weighted by atomic mass is 10.0. The fraction of sp³-hybridized carbons (Fsp3) is 0.176. The minimum Gasteiger partial charge on any atom is -0.322 e. The number of rotatable bonds is 4. The Labute approximate surface area is 144 Å². The van der Waals surface area contributed by atoms with E-state index in [1.807, 2.05) is 0 Å². The van der Waals surface area contributed by atoms with Crippen LogP contribution in [0.25, 0.3) is 11.1 Å². The molecule has 2 aromatic carbocycles. The molecule has 130 valence electrons. The van der Waals surface area contributed by atoms with Gasteiger partial charge in [-0.2, -0.15) is 5.10 Å². The second-order valence-corrected chi connectivity index (χ2v) is 7.67. The Balaban J connectivity index is 1.89. The number of nitrogens with zero attached hydrogens (tertiary/aromatic N) is 1. The summed E-state index contributed by atoms with van der Waals surface area (Å²) in [6.45, 7) is 0. The summed E-state index contributed by atoms with van der Waals surface area (Å²) in [5.41, 5.74) is 3.48. The summed E-state index contributed by atoms with van der Waals surface area (Å²) >= 11 is 0. The zero-order valence-electron chi connectivity index (χ0n) is 13.4. The maximum absolute atomic E-state index is 14.4. The van der Waals surface area contributed by atoms with Gasteiger partial charge in [-0.15, -0.1) is 0 Å². The van der Waals surface area contributed by atoms with Crippen molar-refractivity contribution in [2.45, 2.75) is 17.4 Å². The molecule has 3 rings (SSSR count). The van der Waals surface area contributed by atoms with Gasteiger partial charge in [-0.05, 0) is 23.8 Å². The molecule has 0 saturated carbocycles. The van der Waals surface area contributed by atoms with Crippen LogP contribution in [0.3, 0.4) is 0 Å². The van der Waals surface area contributed by atoms with Crippen molar-refractivity contribution in [3.8, 4) is 11.1 Å². The molecule has 0 spiro atoms. The van der Waals surface area contributed by atoms with Crippen LogP contribution in [-0.4, -0.2) is 32.8 Å². The molecule has 0 radical (unpaired) electrons. The number of hydrazone groups is 1. The van der Waals surface area contributed by atoms with E-state index in [9.17, 15) is 17.6 Å². The van der Waals surface area contributed by atoms with E-state index in [-0.39, 0.29) is 16.5 Å². The highest BCUT2D eigenvalue weighted by atomic mass is 32.2. The van der Waals surface area contributed by atoms with Gasteiger partial charge in [-0.3, -0.25) is 10.2 Å². The smallest absolute Gasteiger partial charge is 0.248 e. The maximum Gasteiger partial charge on any atom is 0.248 e. The third kappa shape index (κ3) is 3.69. The van der Waals surface area contributed by atoms with E-state index in [4.69, 9.17) is 0 Å². The van der Waals surface area contributed by atoms with Crippen LogP contribution >= 0.6 is 0 Å². The normalized spacial score (nSPS) is 16.5. The monoisotopic (exact) mass is 361 g/mol. The van der Waals surface area contributed by atoms with Gasteiger partial charge >= 0.3 is 0 Å². The Kier molecular flexibility index (Phi) is 4.54. The van der Waals surface area contributed by atoms with Gasteiger partial charge in [0.15, 0.2) is 9.84 Å². The molecule has 1 aliphatic heterocycles. The molecule has 0 bridgehead atoms. The molecular weight excluding hydrogens is 345 g/mol. The summed E-state index contributed by atoms with van der Waals surface area (Å²) in [4.78, 5) is 12.1. The topological polar surface area (TPSA) is 87.6 Å². The van der Waals surface area contributed by atoms with Gasteiger partial charge in [0, 0.05) is 24.5 Å². The quantitative estimate of drug-likeness (QED) is 0.874. The molecule has 25 heavy (non-hydrogen) atoms. The van der Waals surface area contributed by atoms with Gasteiger partial charge < -0.3 is 5.32 Å². The van der Waals surface area contributed by atoms with Crippen LogP contribution in [0, 0.1) is 5.82 Å². The minimum atomic E-state index is -3.45. The van der Waals surface area contributed by atoms with E-state index in [1.54, 1.807) is 30.5 Å². The first-order chi connectivity index (χ1) is 11.9. The molecule has 2 N–H and O–H groups in total. The molecular formula is C17H16FN3O3S. The van der Waals surface area contributed by atoms with E-state index in [1.165, 1.54) is 18.2 Å². The highest BCUT2D eigenvalue weighted by Crippen LogP contribution is 2.29. The van der Waals surface area contributed by atoms with Crippen molar-refractivity contribution in [1.29, 1.82) is 0 Å². The van der Waals surface area contributed by atoms with Gasteiger partial charge in [0.25, 0.3) is 0 Å². The number of carbonyl (C=O) groups excluding carboxylic acids is 1. The Morgan fingerprint density at radius 3 is 2.68 bits per heavy atom. The summed E-state index contributed by atoms with van der Waals surface area (Å²) in [6.07, 6.45) is 3.12. The molecule has 1 amide bonds. The lowest BCUT2D eigenvalue weighted by molar-refractivity contribution is -0.117. The van der Waals surface area contributed by atoms with E-state index < -0.39 is 21.7 Å². The number of benzene rings is 2. The number of hydrogen-bond acceptors (Lipinski definition) is 5. The highest BCUT2D eigenvalue weighted by molar-refractivity contribution is 7.90. The van der Waals surface area contributed by atoms with E-state index >= 15 is 0 Å². The van der Waals surface area contributed by atoms with Crippen LogP contribution in [0.15, 0.2) is 52.5 Å². The number of nitrogens with one attached hydrogen (secondary N) is 2. The first kappa shape index (κ1) is 17.1. The first-order valence-corrected chi connectivity index (χ1v) is 9.42. The van der Waals surface area contributed by atoms with E-state index in [0.29, 0.717) is 17.5 Å². The molecule has 1 unspecified atom stereocenters. The van der Waals surface area contributed by atoms with Crippen LogP contribution in [0.2, 0.25) is 0 Å². The molecule has 6 nitrogen and oxygen atoms in total. The van der Waals surface area contributed by atoms with Gasteiger partial charge in [0.1, 0.15) is 11.9 Å². The fourth-order valence-electron chi connectivity index (χ4n) is 2.55. The molecule has 0 saturated heterocycles. The van der Waals surface area contributed by atoms with Crippen molar-refractivity contribution >= 4 is 27.6 Å². The number of sulfone groups is 1. The Hall–Kier alpha value is -2.74. The van der Waals surface area contributed by atoms with Gasteiger partial charge in [-0.25, -0.2) is 12.8 Å². The van der Waals surface area contributed by atoms with Crippen LogP contribution in [-0.2, 0) is 14.6 Å². The SMILES string of the molecule is CS(=O)(=O)c1ccccc1-c1ccc(NC(=O)C2CC=NN2)c(F)c1. The van der Waals surface area contributed by atoms with Crippen molar-refractivity contribution < 1.29 is 17.6 Å². The van der Waals surface area contributed by atoms with Crippen molar-refractivity contribution in [3.63, 3.8) is 0 Å². The molecule has 0 aromatic heterocycles. The van der Waals surface area contributed by atoms with E-state index in [0.717, 1.165) is 6.26 Å². The molecule has 2 aromatic rings. The van der Waals surface area contributed by atoms with Crippen molar-refractivity contribution in [3.05, 3.63) is 48.3 Å².